The lowest BCUT2D eigenvalue weighted by Crippen LogP contribution is -2.42. The Labute approximate surface area is 130 Å². The lowest BCUT2D eigenvalue weighted by atomic mass is 9.89. The van der Waals surface area contributed by atoms with Crippen molar-refractivity contribution in [1.29, 1.82) is 0 Å². The van der Waals surface area contributed by atoms with E-state index < -0.39 is 15.6 Å². The minimum atomic E-state index is -3.68. The largest absolute Gasteiger partial charge is 0.383 e. The number of nitrogens with one attached hydrogen (secondary N) is 1. The van der Waals surface area contributed by atoms with Gasteiger partial charge < -0.3 is 5.11 Å². The molecule has 0 radical (unpaired) electrons. The molecule has 1 aromatic carbocycles. The first kappa shape index (κ1) is 15.1. The molecule has 1 aromatic heterocycles. The Morgan fingerprint density at radius 3 is 2.50 bits per heavy atom. The molecule has 6 heteroatoms. The van der Waals surface area contributed by atoms with Crippen molar-refractivity contribution in [3.05, 3.63) is 60.4 Å². The first-order valence-corrected chi connectivity index (χ1v) is 8.68. The van der Waals surface area contributed by atoms with Crippen LogP contribution in [0.5, 0.6) is 0 Å². The summed E-state index contributed by atoms with van der Waals surface area (Å²) in [5.74, 6) is 0.0894. The van der Waals surface area contributed by atoms with Gasteiger partial charge in [-0.15, -0.1) is 0 Å². The highest BCUT2D eigenvalue weighted by molar-refractivity contribution is 7.89. The molecular formula is C16H18N2O3S. The summed E-state index contributed by atoms with van der Waals surface area (Å²) >= 11 is 0. The maximum atomic E-state index is 12.3. The molecule has 1 atom stereocenters. The molecule has 0 spiro atoms. The van der Waals surface area contributed by atoms with Gasteiger partial charge in [0.25, 0.3) is 0 Å². The summed E-state index contributed by atoms with van der Waals surface area (Å²) in [5.41, 5.74) is -0.428. The highest BCUT2D eigenvalue weighted by Crippen LogP contribution is 2.45. The average Bonchev–Trinajstić information content (AvgIpc) is 3.40. The molecule has 1 fully saturated rings. The predicted molar refractivity (Wildman–Crippen MR) is 82.5 cm³/mol. The Hall–Kier alpha value is -1.76. The Bertz CT molecular complexity index is 731. The topological polar surface area (TPSA) is 79.3 Å². The number of aromatic nitrogens is 1. The summed E-state index contributed by atoms with van der Waals surface area (Å²) in [4.78, 5) is 3.92. The Balaban J connectivity index is 1.81. The third-order valence-electron chi connectivity index (χ3n) is 4.00. The lowest BCUT2D eigenvalue weighted by molar-refractivity contribution is 0.0185. The fourth-order valence-electron chi connectivity index (χ4n) is 2.56. The molecule has 1 heterocycles. The monoisotopic (exact) mass is 318 g/mol. The zero-order valence-corrected chi connectivity index (χ0v) is 12.8. The number of nitrogens with zero attached hydrogens (tertiary/aromatic N) is 1. The second-order valence-corrected chi connectivity index (χ2v) is 7.34. The number of rotatable bonds is 6. The van der Waals surface area contributed by atoms with Crippen LogP contribution in [0.2, 0.25) is 0 Å². The van der Waals surface area contributed by atoms with Gasteiger partial charge in [0.1, 0.15) is 10.5 Å². The molecule has 1 aliphatic carbocycles. The van der Waals surface area contributed by atoms with Crippen LogP contribution in [0.25, 0.3) is 0 Å². The molecular weight excluding hydrogens is 300 g/mol. The van der Waals surface area contributed by atoms with Gasteiger partial charge in [-0.3, -0.25) is 4.98 Å². The van der Waals surface area contributed by atoms with E-state index in [0.29, 0.717) is 0 Å². The van der Waals surface area contributed by atoms with Crippen LogP contribution in [0.15, 0.2) is 59.8 Å². The molecule has 1 aliphatic rings. The molecule has 1 unspecified atom stereocenters. The van der Waals surface area contributed by atoms with Gasteiger partial charge in [0.2, 0.25) is 10.0 Å². The molecule has 22 heavy (non-hydrogen) atoms. The first-order valence-electron chi connectivity index (χ1n) is 7.20. The third-order valence-corrected chi connectivity index (χ3v) is 5.39. The standard InChI is InChI=1S/C16H18N2O3S/c19-16(14-8-9-14,13-5-2-1-3-6-13)12-18-22(20,21)15-7-4-10-17-11-15/h1-7,10-11,14,18-19H,8-9,12H2. The summed E-state index contributed by atoms with van der Waals surface area (Å²) in [5, 5.41) is 11.0. The van der Waals surface area contributed by atoms with Crippen LogP contribution >= 0.6 is 0 Å². The van der Waals surface area contributed by atoms with Crippen LogP contribution in [0.4, 0.5) is 0 Å². The molecule has 0 amide bonds. The van der Waals surface area contributed by atoms with Crippen molar-refractivity contribution in [2.24, 2.45) is 5.92 Å². The van der Waals surface area contributed by atoms with Crippen LogP contribution in [-0.2, 0) is 15.6 Å². The molecule has 5 nitrogen and oxygen atoms in total. The summed E-state index contributed by atoms with van der Waals surface area (Å²) in [6, 6.07) is 12.3. The van der Waals surface area contributed by atoms with E-state index in [1.54, 1.807) is 6.07 Å². The fourth-order valence-corrected chi connectivity index (χ4v) is 3.60. The van der Waals surface area contributed by atoms with E-state index >= 15 is 0 Å². The number of pyridine rings is 1. The number of benzene rings is 1. The maximum absolute atomic E-state index is 12.3. The van der Waals surface area contributed by atoms with Gasteiger partial charge >= 0.3 is 0 Å². The lowest BCUT2D eigenvalue weighted by Gasteiger charge is -2.29. The molecule has 0 aliphatic heterocycles. The van der Waals surface area contributed by atoms with Crippen LogP contribution in [0, 0.1) is 5.92 Å². The van der Waals surface area contributed by atoms with Crippen LogP contribution in [-0.4, -0.2) is 25.1 Å². The molecule has 2 aromatic rings. The van der Waals surface area contributed by atoms with E-state index in [0.717, 1.165) is 18.4 Å². The molecule has 0 saturated heterocycles. The van der Waals surface area contributed by atoms with Crippen molar-refractivity contribution in [1.82, 2.24) is 9.71 Å². The van der Waals surface area contributed by atoms with Gasteiger partial charge in [0.05, 0.1) is 0 Å². The fraction of sp³-hybridized carbons (Fsp3) is 0.312. The molecule has 116 valence electrons. The SMILES string of the molecule is O=S(=O)(NCC(O)(c1ccccc1)C1CC1)c1cccnc1. The van der Waals surface area contributed by atoms with Crippen molar-refractivity contribution in [3.8, 4) is 0 Å². The van der Waals surface area contributed by atoms with E-state index in [1.165, 1.54) is 18.5 Å². The molecule has 0 bridgehead atoms. The quantitative estimate of drug-likeness (QED) is 0.849. The summed E-state index contributed by atoms with van der Waals surface area (Å²) in [6.45, 7) is -0.0428. The zero-order chi connectivity index (χ0) is 15.6. The van der Waals surface area contributed by atoms with Gasteiger partial charge in [0, 0.05) is 18.9 Å². The summed E-state index contributed by atoms with van der Waals surface area (Å²) < 4.78 is 27.1. The van der Waals surface area contributed by atoms with E-state index in [-0.39, 0.29) is 17.4 Å². The minimum absolute atomic E-state index is 0.0428. The molecule has 1 saturated carbocycles. The van der Waals surface area contributed by atoms with E-state index in [4.69, 9.17) is 0 Å². The van der Waals surface area contributed by atoms with Crippen molar-refractivity contribution in [2.75, 3.05) is 6.54 Å². The second kappa shape index (κ2) is 5.79. The highest BCUT2D eigenvalue weighted by atomic mass is 32.2. The molecule has 3 rings (SSSR count). The Morgan fingerprint density at radius 1 is 1.18 bits per heavy atom. The minimum Gasteiger partial charge on any atom is -0.383 e. The Kier molecular flexibility index (Phi) is 3.99. The van der Waals surface area contributed by atoms with Crippen molar-refractivity contribution >= 4 is 10.0 Å². The smallest absolute Gasteiger partial charge is 0.242 e. The van der Waals surface area contributed by atoms with Gasteiger partial charge in [-0.05, 0) is 36.5 Å². The van der Waals surface area contributed by atoms with Crippen molar-refractivity contribution in [3.63, 3.8) is 0 Å². The zero-order valence-electron chi connectivity index (χ0n) is 12.0. The number of hydrogen-bond acceptors (Lipinski definition) is 4. The van der Waals surface area contributed by atoms with E-state index in [2.05, 4.69) is 9.71 Å². The summed E-state index contributed by atoms with van der Waals surface area (Å²) in [7, 11) is -3.68. The van der Waals surface area contributed by atoms with Gasteiger partial charge in [-0.25, -0.2) is 13.1 Å². The van der Waals surface area contributed by atoms with Gasteiger partial charge in [-0.2, -0.15) is 0 Å². The normalized spacial score (nSPS) is 17.9. The van der Waals surface area contributed by atoms with Gasteiger partial charge in [-0.1, -0.05) is 30.3 Å². The third kappa shape index (κ3) is 3.04. The van der Waals surface area contributed by atoms with Gasteiger partial charge in [0.15, 0.2) is 0 Å². The maximum Gasteiger partial charge on any atom is 0.242 e. The second-order valence-electron chi connectivity index (χ2n) is 5.58. The van der Waals surface area contributed by atoms with Crippen molar-refractivity contribution in [2.45, 2.75) is 23.3 Å². The summed E-state index contributed by atoms with van der Waals surface area (Å²) in [6.07, 6.45) is 4.62. The number of hydrogen-bond donors (Lipinski definition) is 2. The Morgan fingerprint density at radius 2 is 1.91 bits per heavy atom. The molecule has 2 N–H and O–H groups in total. The first-order chi connectivity index (χ1) is 10.5. The van der Waals surface area contributed by atoms with E-state index in [1.807, 2.05) is 30.3 Å². The van der Waals surface area contributed by atoms with Crippen LogP contribution in [0.3, 0.4) is 0 Å². The van der Waals surface area contributed by atoms with Crippen molar-refractivity contribution < 1.29 is 13.5 Å². The van der Waals surface area contributed by atoms with Crippen LogP contribution in [0.1, 0.15) is 18.4 Å². The average molecular weight is 318 g/mol. The highest BCUT2D eigenvalue weighted by Gasteiger charge is 2.45. The van der Waals surface area contributed by atoms with Crippen LogP contribution < -0.4 is 4.72 Å². The van der Waals surface area contributed by atoms with E-state index in [9.17, 15) is 13.5 Å². The number of sulfonamides is 1. The number of aliphatic hydroxyl groups is 1. The predicted octanol–water partition coefficient (Wildman–Crippen LogP) is 1.66.